The summed E-state index contributed by atoms with van der Waals surface area (Å²) in [7, 11) is -3.30. The Labute approximate surface area is 169 Å². The molecular weight excluding hydrogens is 376 g/mol. The van der Waals surface area contributed by atoms with Gasteiger partial charge in [-0.05, 0) is 56.3 Å². The molecule has 0 radical (unpaired) electrons. The molecule has 0 saturated heterocycles. The van der Waals surface area contributed by atoms with Crippen LogP contribution in [0, 0.1) is 5.92 Å². The topological polar surface area (TPSA) is 95.5 Å². The molecule has 2 atom stereocenters. The van der Waals surface area contributed by atoms with Crippen LogP contribution in [0.3, 0.4) is 0 Å². The highest BCUT2D eigenvalue weighted by Crippen LogP contribution is 2.28. The zero-order chi connectivity index (χ0) is 20.6. The van der Waals surface area contributed by atoms with Gasteiger partial charge in [-0.15, -0.1) is 0 Å². The Morgan fingerprint density at radius 3 is 2.46 bits per heavy atom. The molecule has 0 amide bonds. The van der Waals surface area contributed by atoms with Crippen LogP contribution in [-0.4, -0.2) is 38.1 Å². The minimum atomic E-state index is -3.30. The summed E-state index contributed by atoms with van der Waals surface area (Å²) in [5, 5.41) is 13.6. The second-order valence-corrected chi connectivity index (χ2v) is 9.73. The summed E-state index contributed by atoms with van der Waals surface area (Å²) in [6, 6.07) is 6.59. The van der Waals surface area contributed by atoms with Crippen LogP contribution in [0.1, 0.15) is 70.0 Å². The number of anilines is 1. The van der Waals surface area contributed by atoms with Gasteiger partial charge in [0, 0.05) is 12.1 Å². The predicted molar refractivity (Wildman–Crippen MR) is 113 cm³/mol. The molecule has 1 aliphatic carbocycles. The van der Waals surface area contributed by atoms with Gasteiger partial charge in [0.25, 0.3) is 0 Å². The van der Waals surface area contributed by atoms with Gasteiger partial charge in [0.2, 0.25) is 10.0 Å². The van der Waals surface area contributed by atoms with E-state index in [1.54, 1.807) is 24.3 Å². The summed E-state index contributed by atoms with van der Waals surface area (Å²) < 4.78 is 24.8. The number of sulfonamides is 1. The zero-order valence-electron chi connectivity index (χ0n) is 17.0. The first-order valence-corrected chi connectivity index (χ1v) is 12.2. The van der Waals surface area contributed by atoms with E-state index >= 15 is 0 Å². The van der Waals surface area contributed by atoms with Crippen molar-refractivity contribution in [2.24, 2.45) is 5.92 Å². The highest BCUT2D eigenvalue weighted by atomic mass is 32.2. The smallest absolute Gasteiger partial charge is 0.229 e. The molecule has 1 aromatic rings. The number of rotatable bonds is 12. The van der Waals surface area contributed by atoms with Crippen LogP contribution in [-0.2, 0) is 14.8 Å². The van der Waals surface area contributed by atoms with Crippen LogP contribution in [0.4, 0.5) is 5.69 Å². The second kappa shape index (κ2) is 10.9. The summed E-state index contributed by atoms with van der Waals surface area (Å²) >= 11 is 0. The van der Waals surface area contributed by atoms with E-state index < -0.39 is 16.1 Å². The molecule has 0 aromatic heterocycles. The van der Waals surface area contributed by atoms with Crippen molar-refractivity contribution in [2.75, 3.05) is 17.5 Å². The first-order valence-electron chi connectivity index (χ1n) is 10.3. The molecule has 2 unspecified atom stereocenters. The summed E-state index contributed by atoms with van der Waals surface area (Å²) in [6.45, 7) is 2.60. The van der Waals surface area contributed by atoms with Crippen LogP contribution in [0.25, 0.3) is 0 Å². The first-order chi connectivity index (χ1) is 13.2. The number of ketones is 1. The molecule has 0 heterocycles. The zero-order valence-corrected chi connectivity index (χ0v) is 17.8. The van der Waals surface area contributed by atoms with Gasteiger partial charge in [0.15, 0.2) is 0 Å². The van der Waals surface area contributed by atoms with E-state index in [2.05, 4.69) is 10.0 Å². The van der Waals surface area contributed by atoms with Gasteiger partial charge in [0.1, 0.15) is 5.78 Å². The Balaban J connectivity index is 1.64. The Bertz CT molecular complexity index is 712. The van der Waals surface area contributed by atoms with E-state index in [0.717, 1.165) is 30.6 Å². The van der Waals surface area contributed by atoms with Gasteiger partial charge in [-0.25, -0.2) is 8.42 Å². The number of Topliss-reactive ketones (excluding diaryl/α,β-unsaturated/α-hetero) is 1. The molecule has 28 heavy (non-hydrogen) atoms. The van der Waals surface area contributed by atoms with Crippen molar-refractivity contribution in [1.29, 1.82) is 0 Å². The average Bonchev–Trinajstić information content (AvgIpc) is 3.15. The third kappa shape index (κ3) is 8.29. The van der Waals surface area contributed by atoms with Gasteiger partial charge >= 0.3 is 0 Å². The number of hydrogen-bond acceptors (Lipinski definition) is 5. The molecule has 2 rings (SSSR count). The van der Waals surface area contributed by atoms with E-state index in [-0.39, 0.29) is 11.8 Å². The number of carbonyl (C=O) groups excluding carboxylic acids is 1. The normalized spacial score (nSPS) is 17.4. The lowest BCUT2D eigenvalue weighted by atomic mass is 9.98. The van der Waals surface area contributed by atoms with E-state index in [1.165, 1.54) is 25.7 Å². The summed E-state index contributed by atoms with van der Waals surface area (Å²) in [5.41, 5.74) is 1.23. The fourth-order valence-electron chi connectivity index (χ4n) is 3.74. The average molecular weight is 411 g/mol. The lowest BCUT2D eigenvalue weighted by molar-refractivity contribution is -0.121. The van der Waals surface area contributed by atoms with Gasteiger partial charge in [-0.2, -0.15) is 0 Å². The molecule has 0 bridgehead atoms. The third-order valence-electron chi connectivity index (χ3n) is 5.46. The molecule has 1 saturated carbocycles. The van der Waals surface area contributed by atoms with Crippen molar-refractivity contribution in [1.82, 2.24) is 5.32 Å². The molecule has 0 spiro atoms. The van der Waals surface area contributed by atoms with Crippen LogP contribution < -0.4 is 10.0 Å². The fraction of sp³-hybridized carbons (Fsp3) is 0.667. The molecular formula is C21H34N2O4S. The van der Waals surface area contributed by atoms with Crippen LogP contribution >= 0.6 is 0 Å². The van der Waals surface area contributed by atoms with Crippen LogP contribution in [0.15, 0.2) is 24.3 Å². The van der Waals surface area contributed by atoms with Crippen molar-refractivity contribution >= 4 is 21.5 Å². The maximum Gasteiger partial charge on any atom is 0.229 e. The Hall–Kier alpha value is -1.44. The van der Waals surface area contributed by atoms with E-state index in [1.807, 2.05) is 6.92 Å². The maximum absolute atomic E-state index is 12.2. The number of benzene rings is 1. The maximum atomic E-state index is 12.2. The minimum Gasteiger partial charge on any atom is -0.388 e. The van der Waals surface area contributed by atoms with E-state index in [4.69, 9.17) is 0 Å². The number of hydrogen-bond donors (Lipinski definition) is 3. The molecule has 1 aromatic carbocycles. The van der Waals surface area contributed by atoms with Crippen molar-refractivity contribution in [3.8, 4) is 0 Å². The van der Waals surface area contributed by atoms with Gasteiger partial charge in [-0.1, -0.05) is 37.8 Å². The van der Waals surface area contributed by atoms with Crippen molar-refractivity contribution in [3.63, 3.8) is 0 Å². The van der Waals surface area contributed by atoms with Crippen LogP contribution in [0.2, 0.25) is 0 Å². The Kier molecular flexibility index (Phi) is 8.92. The Morgan fingerprint density at radius 2 is 1.86 bits per heavy atom. The highest BCUT2D eigenvalue weighted by Gasteiger charge is 2.18. The van der Waals surface area contributed by atoms with Crippen molar-refractivity contribution in [2.45, 2.75) is 70.4 Å². The number of nitrogens with one attached hydrogen (secondary N) is 2. The van der Waals surface area contributed by atoms with Gasteiger partial charge < -0.3 is 10.4 Å². The monoisotopic (exact) mass is 410 g/mol. The molecule has 1 aliphatic rings. The molecule has 158 valence electrons. The van der Waals surface area contributed by atoms with E-state index in [0.29, 0.717) is 25.1 Å². The SMILES string of the molecule is CC(NCCCC(O)c1ccc(NS(C)(=O)=O)cc1)C(=O)CCC1CCCC1. The largest absolute Gasteiger partial charge is 0.388 e. The van der Waals surface area contributed by atoms with Crippen LogP contribution in [0.5, 0.6) is 0 Å². The summed E-state index contributed by atoms with van der Waals surface area (Å²) in [5.74, 6) is 1.02. The summed E-state index contributed by atoms with van der Waals surface area (Å²) in [6.07, 6.45) is 8.68. The summed E-state index contributed by atoms with van der Waals surface area (Å²) in [4.78, 5) is 12.2. The molecule has 1 fully saturated rings. The van der Waals surface area contributed by atoms with Crippen molar-refractivity contribution in [3.05, 3.63) is 29.8 Å². The van der Waals surface area contributed by atoms with Gasteiger partial charge in [0.05, 0.1) is 18.4 Å². The quantitative estimate of drug-likeness (QED) is 0.459. The van der Waals surface area contributed by atoms with Crippen molar-refractivity contribution < 1.29 is 18.3 Å². The lowest BCUT2D eigenvalue weighted by Gasteiger charge is -2.16. The predicted octanol–water partition coefficient (Wildman–Crippen LogP) is 3.39. The first kappa shape index (κ1) is 22.8. The minimum absolute atomic E-state index is 0.139. The molecule has 0 aliphatic heterocycles. The highest BCUT2D eigenvalue weighted by molar-refractivity contribution is 7.92. The second-order valence-electron chi connectivity index (χ2n) is 7.99. The van der Waals surface area contributed by atoms with Gasteiger partial charge in [-0.3, -0.25) is 9.52 Å². The molecule has 7 heteroatoms. The molecule has 6 nitrogen and oxygen atoms in total. The molecule has 3 N–H and O–H groups in total. The number of aliphatic hydroxyl groups excluding tert-OH is 1. The fourth-order valence-corrected chi connectivity index (χ4v) is 4.31. The van der Waals surface area contributed by atoms with E-state index in [9.17, 15) is 18.3 Å². The number of aliphatic hydroxyl groups is 1. The number of carbonyl (C=O) groups is 1. The Morgan fingerprint density at radius 1 is 1.21 bits per heavy atom. The lowest BCUT2D eigenvalue weighted by Crippen LogP contribution is -2.34. The standard InChI is InChI=1S/C21H34N2O4S/c1-16(20(24)14-9-17-6-3-4-7-17)22-15-5-8-21(25)18-10-12-19(13-11-18)23-28(2,26)27/h10-13,16-17,21-23,25H,3-9,14-15H2,1-2H3. The third-order valence-corrected chi connectivity index (χ3v) is 6.07.